The third-order valence-electron chi connectivity index (χ3n) is 8.18. The molecular formula is C36H28ClN3O5S. The number of aromatic nitrogens is 1. The van der Waals surface area contributed by atoms with Crippen LogP contribution in [-0.4, -0.2) is 16.1 Å². The van der Waals surface area contributed by atoms with E-state index in [1.165, 1.54) is 23.0 Å². The predicted octanol–water partition coefficient (Wildman–Crippen LogP) is 6.86. The van der Waals surface area contributed by atoms with Crippen LogP contribution < -0.4 is 24.4 Å². The van der Waals surface area contributed by atoms with Crippen LogP contribution in [0.4, 0.5) is 5.69 Å². The van der Waals surface area contributed by atoms with E-state index in [1.807, 2.05) is 73.7 Å². The third-order valence-corrected chi connectivity index (χ3v) is 9.53. The van der Waals surface area contributed by atoms with E-state index in [0.717, 1.165) is 34.4 Å². The van der Waals surface area contributed by atoms with Crippen LogP contribution >= 0.6 is 22.9 Å². The van der Waals surface area contributed by atoms with Crippen molar-refractivity contribution in [2.75, 3.05) is 6.61 Å². The van der Waals surface area contributed by atoms with Gasteiger partial charge in [-0.15, -0.1) is 0 Å². The first-order valence-electron chi connectivity index (χ1n) is 14.9. The standard InChI is InChI=1S/C36H28ClN3O5S/c1-2-44-31-18-22(14-17-30(31)45-21-25-9-4-6-13-29(25)37)19-32-35(41)39-34(24-10-7-11-26(20-24)40(42)43)28-16-15-23-8-3-5-12-27(23)33(28)38-36(39)46-32/h3-14,17-20,34H,2,15-16,21H2,1H3/b32-19+/t34-/m0/s1. The van der Waals surface area contributed by atoms with Crippen LogP contribution in [0.2, 0.25) is 5.02 Å². The van der Waals surface area contributed by atoms with Crippen LogP contribution in [0, 0.1) is 10.1 Å². The average molecular weight is 650 g/mol. The third kappa shape index (κ3) is 5.52. The molecule has 4 aromatic carbocycles. The molecule has 7 rings (SSSR count). The van der Waals surface area contributed by atoms with Crippen molar-refractivity contribution in [3.05, 3.63) is 159 Å². The first kappa shape index (κ1) is 29.7. The van der Waals surface area contributed by atoms with Crippen molar-refractivity contribution < 1.29 is 14.4 Å². The van der Waals surface area contributed by atoms with E-state index in [2.05, 4.69) is 12.1 Å². The molecule has 0 amide bonds. The van der Waals surface area contributed by atoms with E-state index in [1.54, 1.807) is 16.7 Å². The fourth-order valence-electron chi connectivity index (χ4n) is 6.06. The minimum Gasteiger partial charge on any atom is -0.490 e. The number of fused-ring (bicyclic) bond motifs is 3. The van der Waals surface area contributed by atoms with Crippen molar-refractivity contribution in [1.82, 2.24) is 4.57 Å². The Kier molecular flexibility index (Phi) is 8.02. The van der Waals surface area contributed by atoms with Crippen molar-refractivity contribution in [3.8, 4) is 11.5 Å². The molecule has 230 valence electrons. The zero-order valence-corrected chi connectivity index (χ0v) is 26.4. The summed E-state index contributed by atoms with van der Waals surface area (Å²) in [6.45, 7) is 2.61. The number of halogens is 1. The molecule has 46 heavy (non-hydrogen) atoms. The van der Waals surface area contributed by atoms with Crippen molar-refractivity contribution >= 4 is 40.4 Å². The van der Waals surface area contributed by atoms with Gasteiger partial charge >= 0.3 is 0 Å². The van der Waals surface area contributed by atoms with Crippen molar-refractivity contribution in [3.63, 3.8) is 0 Å². The second-order valence-electron chi connectivity index (χ2n) is 11.0. The number of thiazole rings is 1. The molecule has 2 aliphatic rings. The summed E-state index contributed by atoms with van der Waals surface area (Å²) in [6, 6.07) is 27.3. The van der Waals surface area contributed by atoms with Crippen LogP contribution in [0.3, 0.4) is 0 Å². The van der Waals surface area contributed by atoms with Crippen LogP contribution in [0.25, 0.3) is 11.8 Å². The molecule has 0 N–H and O–H groups in total. The maximum Gasteiger partial charge on any atom is 0.271 e. The molecule has 8 nitrogen and oxygen atoms in total. The Balaban J connectivity index is 1.33. The molecule has 0 fully saturated rings. The summed E-state index contributed by atoms with van der Waals surface area (Å²) in [7, 11) is 0. The van der Waals surface area contributed by atoms with Gasteiger partial charge in [0.2, 0.25) is 0 Å². The van der Waals surface area contributed by atoms with Crippen LogP contribution in [0.15, 0.2) is 106 Å². The Morgan fingerprint density at radius 1 is 1.00 bits per heavy atom. The molecule has 0 radical (unpaired) electrons. The zero-order valence-electron chi connectivity index (χ0n) is 24.8. The number of rotatable bonds is 8. The van der Waals surface area contributed by atoms with E-state index in [4.69, 9.17) is 26.1 Å². The Labute approximate surface area is 273 Å². The fourth-order valence-corrected chi connectivity index (χ4v) is 7.25. The maximum atomic E-state index is 14.2. The molecular weight excluding hydrogens is 622 g/mol. The van der Waals surface area contributed by atoms with Gasteiger partial charge in [-0.3, -0.25) is 19.5 Å². The largest absolute Gasteiger partial charge is 0.490 e. The van der Waals surface area contributed by atoms with Crippen molar-refractivity contribution in [2.45, 2.75) is 32.4 Å². The lowest BCUT2D eigenvalue weighted by molar-refractivity contribution is -0.384. The number of nitro groups is 1. The summed E-state index contributed by atoms with van der Waals surface area (Å²) in [5.41, 5.74) is 6.13. The number of nitro benzene ring substituents is 1. The first-order chi connectivity index (χ1) is 22.4. The van der Waals surface area contributed by atoms with Gasteiger partial charge in [0.15, 0.2) is 16.3 Å². The molecule has 1 aliphatic heterocycles. The molecule has 5 aromatic rings. The number of hydrogen-bond donors (Lipinski definition) is 0. The molecule has 0 spiro atoms. The van der Waals surface area contributed by atoms with E-state index in [9.17, 15) is 14.9 Å². The van der Waals surface area contributed by atoms with E-state index >= 15 is 0 Å². The van der Waals surface area contributed by atoms with Gasteiger partial charge in [-0.05, 0) is 66.3 Å². The van der Waals surface area contributed by atoms with E-state index in [-0.39, 0.29) is 17.9 Å². The summed E-state index contributed by atoms with van der Waals surface area (Å²) in [4.78, 5) is 31.1. The molecule has 0 unspecified atom stereocenters. The second-order valence-corrected chi connectivity index (χ2v) is 12.4. The Morgan fingerprint density at radius 2 is 1.83 bits per heavy atom. The van der Waals surface area contributed by atoms with Gasteiger partial charge in [-0.25, -0.2) is 4.99 Å². The minimum absolute atomic E-state index is 0.0183. The van der Waals surface area contributed by atoms with Gasteiger partial charge in [0.1, 0.15) is 6.61 Å². The number of hydrogen-bond acceptors (Lipinski definition) is 7. The summed E-state index contributed by atoms with van der Waals surface area (Å²) in [5, 5.41) is 12.3. The number of aryl methyl sites for hydroxylation is 1. The van der Waals surface area contributed by atoms with Crippen LogP contribution in [0.5, 0.6) is 11.5 Å². The number of non-ortho nitro benzene ring substituents is 1. The van der Waals surface area contributed by atoms with Gasteiger partial charge in [0.25, 0.3) is 11.2 Å². The van der Waals surface area contributed by atoms with Gasteiger partial charge in [0, 0.05) is 28.3 Å². The topological polar surface area (TPSA) is 96.0 Å². The highest BCUT2D eigenvalue weighted by Crippen LogP contribution is 2.41. The average Bonchev–Trinajstić information content (AvgIpc) is 3.38. The quantitative estimate of drug-likeness (QED) is 0.135. The zero-order chi connectivity index (χ0) is 31.8. The number of ether oxygens (including phenoxy) is 2. The second kappa shape index (κ2) is 12.4. The normalized spacial score (nSPS) is 15.4. The lowest BCUT2D eigenvalue weighted by Crippen LogP contribution is -2.38. The van der Waals surface area contributed by atoms with Crippen LogP contribution in [0.1, 0.15) is 47.2 Å². The van der Waals surface area contributed by atoms with Gasteiger partial charge in [-0.2, -0.15) is 0 Å². The minimum atomic E-state index is -0.513. The molecule has 0 bridgehead atoms. The fraction of sp³-hybridized carbons (Fsp3) is 0.167. The number of benzene rings is 4. The summed E-state index contributed by atoms with van der Waals surface area (Å²) < 4.78 is 14.2. The van der Waals surface area contributed by atoms with E-state index < -0.39 is 11.0 Å². The lowest BCUT2D eigenvalue weighted by Gasteiger charge is -2.30. The summed E-state index contributed by atoms with van der Waals surface area (Å²) >= 11 is 7.62. The maximum absolute atomic E-state index is 14.2. The summed E-state index contributed by atoms with van der Waals surface area (Å²) in [6.07, 6.45) is 3.32. The molecule has 10 heteroatoms. The highest BCUT2D eigenvalue weighted by molar-refractivity contribution is 7.07. The highest BCUT2D eigenvalue weighted by Gasteiger charge is 2.33. The number of allylic oxidation sites excluding steroid dienone is 1. The first-order valence-corrected chi connectivity index (χ1v) is 16.1. The molecule has 0 saturated carbocycles. The van der Waals surface area contributed by atoms with Crippen molar-refractivity contribution in [2.24, 2.45) is 4.99 Å². The Morgan fingerprint density at radius 3 is 2.65 bits per heavy atom. The lowest BCUT2D eigenvalue weighted by atomic mass is 9.83. The molecule has 1 aliphatic carbocycles. The van der Waals surface area contributed by atoms with Gasteiger partial charge in [-0.1, -0.05) is 83.6 Å². The van der Waals surface area contributed by atoms with Gasteiger partial charge in [0.05, 0.1) is 27.8 Å². The molecule has 2 heterocycles. The summed E-state index contributed by atoms with van der Waals surface area (Å²) in [5.74, 6) is 1.12. The van der Waals surface area contributed by atoms with E-state index in [0.29, 0.717) is 44.4 Å². The van der Waals surface area contributed by atoms with Crippen LogP contribution in [-0.2, 0) is 13.0 Å². The molecule has 1 atom stereocenters. The Bertz CT molecular complexity index is 2220. The van der Waals surface area contributed by atoms with Gasteiger partial charge < -0.3 is 9.47 Å². The Hall–Kier alpha value is -4.99. The monoisotopic (exact) mass is 649 g/mol. The smallest absolute Gasteiger partial charge is 0.271 e. The van der Waals surface area contributed by atoms with Crippen molar-refractivity contribution in [1.29, 1.82) is 0 Å². The highest BCUT2D eigenvalue weighted by atomic mass is 35.5. The predicted molar refractivity (Wildman–Crippen MR) is 179 cm³/mol. The molecule has 0 saturated heterocycles. The number of nitrogens with zero attached hydrogens (tertiary/aromatic N) is 3. The SMILES string of the molecule is CCOc1cc(/C=c2/sc3n(c2=O)[C@@H](c2cccc([N+](=O)[O-])c2)C2=C(N=3)c3ccccc3CC2)ccc1OCc1ccccc1Cl. The molecule has 1 aromatic heterocycles.